The molecule has 0 saturated carbocycles. The minimum absolute atomic E-state index is 0.0119. The molecule has 0 aromatic heterocycles. The minimum atomic E-state index is -4.27. The van der Waals surface area contributed by atoms with Crippen molar-refractivity contribution in [1.82, 2.24) is 0 Å². The van der Waals surface area contributed by atoms with E-state index in [9.17, 15) is 13.2 Å². The zero-order chi connectivity index (χ0) is 12.0. The van der Waals surface area contributed by atoms with Gasteiger partial charge in [0.1, 0.15) is 6.61 Å². The summed E-state index contributed by atoms with van der Waals surface area (Å²) >= 11 is 0. The molecule has 0 bridgehead atoms. The molecule has 0 aromatic rings. The second kappa shape index (κ2) is 6.10. The maximum Gasteiger partial charge on any atom is 0.411 e. The van der Waals surface area contributed by atoms with Crippen molar-refractivity contribution in [3.8, 4) is 0 Å². The number of hydrogen-bond donors (Lipinski definition) is 1. The van der Waals surface area contributed by atoms with Gasteiger partial charge < -0.3 is 15.2 Å². The molecule has 1 atom stereocenters. The average Bonchev–Trinajstić information content (AvgIpc) is 2.24. The summed E-state index contributed by atoms with van der Waals surface area (Å²) in [4.78, 5) is 0. The normalized spacial score (nSPS) is 18.9. The van der Waals surface area contributed by atoms with E-state index < -0.39 is 12.8 Å². The highest BCUT2D eigenvalue weighted by atomic mass is 19.4. The van der Waals surface area contributed by atoms with Crippen LogP contribution in [0.3, 0.4) is 0 Å². The summed E-state index contributed by atoms with van der Waals surface area (Å²) < 4.78 is 44.8. The predicted molar refractivity (Wildman–Crippen MR) is 52.7 cm³/mol. The van der Waals surface area contributed by atoms with Crippen LogP contribution in [0.1, 0.15) is 19.3 Å². The Morgan fingerprint density at radius 1 is 1.50 bits per heavy atom. The van der Waals surface area contributed by atoms with Gasteiger partial charge in [-0.1, -0.05) is 0 Å². The van der Waals surface area contributed by atoms with Crippen molar-refractivity contribution < 1.29 is 22.6 Å². The van der Waals surface area contributed by atoms with Gasteiger partial charge in [-0.2, -0.15) is 13.2 Å². The van der Waals surface area contributed by atoms with E-state index in [1.165, 1.54) is 0 Å². The number of halogens is 3. The van der Waals surface area contributed by atoms with Crippen molar-refractivity contribution >= 4 is 0 Å². The summed E-state index contributed by atoms with van der Waals surface area (Å²) in [5.41, 5.74) is 6.73. The van der Waals surface area contributed by atoms with Crippen molar-refractivity contribution in [3.05, 3.63) is 11.8 Å². The van der Waals surface area contributed by atoms with Gasteiger partial charge in [0, 0.05) is 12.6 Å². The molecule has 0 saturated heterocycles. The Morgan fingerprint density at radius 2 is 2.25 bits per heavy atom. The van der Waals surface area contributed by atoms with E-state index in [0.717, 1.165) is 18.4 Å². The first kappa shape index (κ1) is 13.3. The van der Waals surface area contributed by atoms with Gasteiger partial charge in [0.05, 0.1) is 12.9 Å². The van der Waals surface area contributed by atoms with E-state index >= 15 is 0 Å². The van der Waals surface area contributed by atoms with Crippen LogP contribution in [-0.4, -0.2) is 32.0 Å². The third kappa shape index (κ3) is 5.37. The quantitative estimate of drug-likeness (QED) is 0.746. The second-order valence-corrected chi connectivity index (χ2v) is 3.73. The molecule has 0 fully saturated rings. The molecule has 3 nitrogen and oxygen atoms in total. The maximum atomic E-state index is 11.7. The SMILES string of the molecule is NC(CCOCC(F)(F)F)C1=COCCC1. The van der Waals surface area contributed by atoms with Gasteiger partial charge in [-0.15, -0.1) is 0 Å². The molecule has 1 rings (SSSR count). The molecule has 94 valence electrons. The van der Waals surface area contributed by atoms with Gasteiger partial charge in [-0.3, -0.25) is 0 Å². The van der Waals surface area contributed by atoms with E-state index in [1.54, 1.807) is 6.26 Å². The van der Waals surface area contributed by atoms with Gasteiger partial charge >= 0.3 is 6.18 Å². The molecule has 0 aliphatic carbocycles. The fourth-order valence-corrected chi connectivity index (χ4v) is 1.44. The van der Waals surface area contributed by atoms with Crippen LogP contribution < -0.4 is 5.73 Å². The Kier molecular flexibility index (Phi) is 5.08. The lowest BCUT2D eigenvalue weighted by atomic mass is 10.0. The summed E-state index contributed by atoms with van der Waals surface area (Å²) in [5, 5.41) is 0. The van der Waals surface area contributed by atoms with Crippen LogP contribution >= 0.6 is 0 Å². The molecule has 1 unspecified atom stereocenters. The highest BCUT2D eigenvalue weighted by Crippen LogP contribution is 2.17. The Bertz CT molecular complexity index is 241. The van der Waals surface area contributed by atoms with Crippen LogP contribution in [-0.2, 0) is 9.47 Å². The topological polar surface area (TPSA) is 44.5 Å². The predicted octanol–water partition coefficient (Wildman–Crippen LogP) is 1.98. The molecule has 0 aromatic carbocycles. The number of nitrogens with two attached hydrogens (primary N) is 1. The maximum absolute atomic E-state index is 11.7. The average molecular weight is 239 g/mol. The van der Waals surface area contributed by atoms with Crippen molar-refractivity contribution in [2.75, 3.05) is 19.8 Å². The van der Waals surface area contributed by atoms with Crippen LogP contribution in [0.5, 0.6) is 0 Å². The van der Waals surface area contributed by atoms with Gasteiger partial charge in [-0.05, 0) is 24.8 Å². The zero-order valence-corrected chi connectivity index (χ0v) is 8.93. The summed E-state index contributed by atoms with van der Waals surface area (Å²) in [5.74, 6) is 0. The van der Waals surface area contributed by atoms with E-state index in [4.69, 9.17) is 10.5 Å². The van der Waals surface area contributed by atoms with Crippen LogP contribution in [0.25, 0.3) is 0 Å². The monoisotopic (exact) mass is 239 g/mol. The number of hydrogen-bond acceptors (Lipinski definition) is 3. The van der Waals surface area contributed by atoms with Gasteiger partial charge in [-0.25, -0.2) is 0 Å². The van der Waals surface area contributed by atoms with Crippen LogP contribution in [0, 0.1) is 0 Å². The molecule has 1 aliphatic rings. The lowest BCUT2D eigenvalue weighted by Crippen LogP contribution is -2.27. The van der Waals surface area contributed by atoms with Crippen molar-refractivity contribution in [3.63, 3.8) is 0 Å². The third-order valence-electron chi connectivity index (χ3n) is 2.28. The summed E-state index contributed by atoms with van der Waals surface area (Å²) in [7, 11) is 0. The Balaban J connectivity index is 2.15. The summed E-state index contributed by atoms with van der Waals surface area (Å²) in [6.07, 6.45) is -0.524. The fourth-order valence-electron chi connectivity index (χ4n) is 1.44. The van der Waals surface area contributed by atoms with E-state index in [1.807, 2.05) is 0 Å². The van der Waals surface area contributed by atoms with Crippen molar-refractivity contribution in [1.29, 1.82) is 0 Å². The Morgan fingerprint density at radius 3 is 2.81 bits per heavy atom. The van der Waals surface area contributed by atoms with Gasteiger partial charge in [0.25, 0.3) is 0 Å². The Labute approximate surface area is 92.4 Å². The lowest BCUT2D eigenvalue weighted by Gasteiger charge is -2.19. The van der Waals surface area contributed by atoms with Gasteiger partial charge in [0.2, 0.25) is 0 Å². The molecule has 2 N–H and O–H groups in total. The summed E-state index contributed by atoms with van der Waals surface area (Å²) in [6, 6.07) is -0.270. The molecule has 16 heavy (non-hydrogen) atoms. The fraction of sp³-hybridized carbons (Fsp3) is 0.800. The lowest BCUT2D eigenvalue weighted by molar-refractivity contribution is -0.174. The standard InChI is InChI=1S/C10H16F3NO2/c11-10(12,13)7-16-5-3-9(14)8-2-1-4-15-6-8/h6,9H,1-5,7,14H2. The highest BCUT2D eigenvalue weighted by Gasteiger charge is 2.27. The van der Waals surface area contributed by atoms with Crippen molar-refractivity contribution in [2.24, 2.45) is 5.73 Å². The second-order valence-electron chi connectivity index (χ2n) is 3.73. The molecule has 1 aliphatic heterocycles. The first-order valence-corrected chi connectivity index (χ1v) is 5.19. The molecule has 1 heterocycles. The molecule has 0 spiro atoms. The number of rotatable bonds is 5. The van der Waals surface area contributed by atoms with E-state index in [2.05, 4.69) is 4.74 Å². The smallest absolute Gasteiger partial charge is 0.411 e. The Hall–Kier alpha value is -0.750. The first-order valence-electron chi connectivity index (χ1n) is 5.19. The highest BCUT2D eigenvalue weighted by molar-refractivity contribution is 5.08. The van der Waals surface area contributed by atoms with E-state index in [0.29, 0.717) is 13.0 Å². The van der Waals surface area contributed by atoms with Crippen LogP contribution in [0.4, 0.5) is 13.2 Å². The van der Waals surface area contributed by atoms with Gasteiger partial charge in [0.15, 0.2) is 0 Å². The van der Waals surface area contributed by atoms with Crippen LogP contribution in [0.2, 0.25) is 0 Å². The van der Waals surface area contributed by atoms with E-state index in [-0.39, 0.29) is 12.6 Å². The van der Waals surface area contributed by atoms with Crippen LogP contribution in [0.15, 0.2) is 11.8 Å². The molecular weight excluding hydrogens is 223 g/mol. The molecule has 0 radical (unpaired) electrons. The molecule has 0 amide bonds. The first-order chi connectivity index (χ1) is 7.49. The minimum Gasteiger partial charge on any atom is -0.501 e. The molecular formula is C10H16F3NO2. The number of alkyl halides is 3. The van der Waals surface area contributed by atoms with Crippen molar-refractivity contribution in [2.45, 2.75) is 31.5 Å². The zero-order valence-electron chi connectivity index (χ0n) is 8.93. The summed E-state index contributed by atoms with van der Waals surface area (Å²) in [6.45, 7) is -0.520. The third-order valence-corrected chi connectivity index (χ3v) is 2.28. The largest absolute Gasteiger partial charge is 0.501 e. The number of ether oxygens (including phenoxy) is 2. The molecule has 6 heteroatoms.